The number of anilines is 1. The number of nitrogen functional groups attached to an aromatic ring is 1. The number of aromatic amines is 1. The summed E-state index contributed by atoms with van der Waals surface area (Å²) in [6, 6.07) is 3.64. The fraction of sp³-hybridized carbons (Fsp3) is 0. The molecule has 0 unspecified atom stereocenters. The highest BCUT2D eigenvalue weighted by atomic mass is 19.1. The van der Waals surface area contributed by atoms with Gasteiger partial charge in [0.25, 0.3) is 5.88 Å². The van der Waals surface area contributed by atoms with Crippen LogP contribution in [-0.4, -0.2) is 9.97 Å². The maximum absolute atomic E-state index is 12.9. The van der Waals surface area contributed by atoms with E-state index in [0.717, 1.165) is 6.07 Å². The Morgan fingerprint density at radius 3 is 3.00 bits per heavy atom. The minimum absolute atomic E-state index is 0.0594. The highest BCUT2D eigenvalue weighted by molar-refractivity contribution is 5.53. The number of halogens is 1. The summed E-state index contributed by atoms with van der Waals surface area (Å²) in [6.07, 6.45) is 2.72. The van der Waals surface area contributed by atoms with Gasteiger partial charge in [0.1, 0.15) is 5.82 Å². The van der Waals surface area contributed by atoms with Crippen molar-refractivity contribution in [1.82, 2.24) is 9.97 Å². The molecule has 0 atom stereocenters. The summed E-state index contributed by atoms with van der Waals surface area (Å²) in [5.41, 5.74) is 5.28. The van der Waals surface area contributed by atoms with Gasteiger partial charge < -0.3 is 15.5 Å². The lowest BCUT2D eigenvalue weighted by atomic mass is 10.3. The summed E-state index contributed by atoms with van der Waals surface area (Å²) >= 11 is 0. The fourth-order valence-corrected chi connectivity index (χ4v) is 1.11. The molecule has 0 aliphatic rings. The second-order valence-corrected chi connectivity index (χ2v) is 3.01. The molecule has 0 saturated heterocycles. The number of H-pyrrole nitrogens is 1. The summed E-state index contributed by atoms with van der Waals surface area (Å²) in [6.45, 7) is 0. The Morgan fingerprint density at radius 2 is 2.25 bits per heavy atom. The summed E-state index contributed by atoms with van der Waals surface area (Å²) in [4.78, 5) is 17.3. The van der Waals surface area contributed by atoms with E-state index in [4.69, 9.17) is 10.5 Å². The van der Waals surface area contributed by atoms with Crippen LogP contribution in [0.1, 0.15) is 0 Å². The van der Waals surface area contributed by atoms with Gasteiger partial charge in [0.15, 0.2) is 5.75 Å². The van der Waals surface area contributed by atoms with Gasteiger partial charge in [0, 0.05) is 18.5 Å². The van der Waals surface area contributed by atoms with Crippen molar-refractivity contribution in [2.45, 2.75) is 0 Å². The van der Waals surface area contributed by atoms with Crippen molar-refractivity contribution in [3.63, 3.8) is 0 Å². The second kappa shape index (κ2) is 4.01. The Kier molecular flexibility index (Phi) is 2.55. The molecule has 0 bridgehead atoms. The van der Waals surface area contributed by atoms with Crippen LogP contribution < -0.4 is 16.0 Å². The minimum Gasteiger partial charge on any atom is -0.432 e. The average Bonchev–Trinajstić information content (AvgIpc) is 2.27. The standard InChI is InChI=1S/C10H8FN3O2/c11-6-1-2-7(12)8(5-6)16-10-9(15)13-3-4-14-10/h1-5H,12H2,(H,13,15). The van der Waals surface area contributed by atoms with Gasteiger partial charge in [0.2, 0.25) is 0 Å². The lowest BCUT2D eigenvalue weighted by molar-refractivity contribution is 0.452. The van der Waals surface area contributed by atoms with E-state index < -0.39 is 11.4 Å². The lowest BCUT2D eigenvalue weighted by Gasteiger charge is -2.05. The maximum Gasteiger partial charge on any atom is 0.311 e. The zero-order valence-corrected chi connectivity index (χ0v) is 8.11. The van der Waals surface area contributed by atoms with E-state index in [-0.39, 0.29) is 17.3 Å². The number of aromatic nitrogens is 2. The molecule has 0 radical (unpaired) electrons. The monoisotopic (exact) mass is 221 g/mol. The first-order chi connectivity index (χ1) is 7.66. The topological polar surface area (TPSA) is 81.0 Å². The molecule has 1 heterocycles. The third-order valence-electron chi connectivity index (χ3n) is 1.86. The van der Waals surface area contributed by atoms with Crippen molar-refractivity contribution in [3.8, 4) is 11.6 Å². The number of nitrogens with one attached hydrogen (secondary N) is 1. The highest BCUT2D eigenvalue weighted by Crippen LogP contribution is 2.25. The first-order valence-corrected chi connectivity index (χ1v) is 4.43. The van der Waals surface area contributed by atoms with E-state index >= 15 is 0 Å². The number of hydrogen-bond donors (Lipinski definition) is 2. The van der Waals surface area contributed by atoms with E-state index in [2.05, 4.69) is 9.97 Å². The molecule has 0 aliphatic carbocycles. The van der Waals surface area contributed by atoms with Crippen molar-refractivity contribution in [3.05, 3.63) is 46.8 Å². The summed E-state index contributed by atoms with van der Waals surface area (Å²) in [5, 5.41) is 0. The predicted octanol–water partition coefficient (Wildman–Crippen LogP) is 1.28. The smallest absolute Gasteiger partial charge is 0.311 e. The molecule has 1 aromatic heterocycles. The summed E-state index contributed by atoms with van der Waals surface area (Å²) < 4.78 is 18.0. The van der Waals surface area contributed by atoms with Gasteiger partial charge in [0.05, 0.1) is 5.69 Å². The van der Waals surface area contributed by atoms with Crippen LogP contribution in [0, 0.1) is 5.82 Å². The molecule has 2 rings (SSSR count). The van der Waals surface area contributed by atoms with Crippen molar-refractivity contribution < 1.29 is 9.13 Å². The number of nitrogens with zero attached hydrogens (tertiary/aromatic N) is 1. The average molecular weight is 221 g/mol. The Morgan fingerprint density at radius 1 is 1.44 bits per heavy atom. The number of rotatable bonds is 2. The molecule has 3 N–H and O–H groups in total. The van der Waals surface area contributed by atoms with E-state index in [1.165, 1.54) is 24.5 Å². The van der Waals surface area contributed by atoms with E-state index in [1.54, 1.807) is 0 Å². The van der Waals surface area contributed by atoms with Crippen LogP contribution in [0.5, 0.6) is 11.6 Å². The fourth-order valence-electron chi connectivity index (χ4n) is 1.11. The van der Waals surface area contributed by atoms with Gasteiger partial charge in [-0.3, -0.25) is 4.79 Å². The van der Waals surface area contributed by atoms with E-state index in [1.807, 2.05) is 0 Å². The predicted molar refractivity (Wildman–Crippen MR) is 55.7 cm³/mol. The zero-order valence-electron chi connectivity index (χ0n) is 8.11. The summed E-state index contributed by atoms with van der Waals surface area (Å²) in [5.74, 6) is -0.624. The van der Waals surface area contributed by atoms with Crippen LogP contribution in [-0.2, 0) is 0 Å². The van der Waals surface area contributed by atoms with Gasteiger partial charge in [-0.05, 0) is 12.1 Å². The largest absolute Gasteiger partial charge is 0.432 e. The van der Waals surface area contributed by atoms with Gasteiger partial charge in [-0.1, -0.05) is 0 Å². The molecule has 0 spiro atoms. The van der Waals surface area contributed by atoms with Crippen molar-refractivity contribution in [2.24, 2.45) is 0 Å². The zero-order chi connectivity index (χ0) is 11.5. The normalized spacial score (nSPS) is 10.1. The molecule has 16 heavy (non-hydrogen) atoms. The first-order valence-electron chi connectivity index (χ1n) is 4.43. The van der Waals surface area contributed by atoms with Gasteiger partial charge in [-0.25, -0.2) is 9.37 Å². The molecule has 82 valence electrons. The number of hydrogen-bond acceptors (Lipinski definition) is 4. The molecule has 0 aliphatic heterocycles. The van der Waals surface area contributed by atoms with Gasteiger partial charge in [-0.2, -0.15) is 0 Å². The minimum atomic E-state index is -0.508. The highest BCUT2D eigenvalue weighted by Gasteiger charge is 2.07. The van der Waals surface area contributed by atoms with E-state index in [9.17, 15) is 9.18 Å². The third kappa shape index (κ3) is 2.00. The molecular formula is C10H8FN3O2. The van der Waals surface area contributed by atoms with Crippen molar-refractivity contribution >= 4 is 5.69 Å². The van der Waals surface area contributed by atoms with Gasteiger partial charge in [-0.15, -0.1) is 0 Å². The number of nitrogens with two attached hydrogens (primary N) is 1. The van der Waals surface area contributed by atoms with Crippen LogP contribution in [0.25, 0.3) is 0 Å². The van der Waals surface area contributed by atoms with Crippen molar-refractivity contribution in [2.75, 3.05) is 5.73 Å². The van der Waals surface area contributed by atoms with E-state index in [0.29, 0.717) is 0 Å². The second-order valence-electron chi connectivity index (χ2n) is 3.01. The first kappa shape index (κ1) is 10.2. The quantitative estimate of drug-likeness (QED) is 0.748. The Balaban J connectivity index is 2.38. The number of ether oxygens (including phenoxy) is 1. The Bertz CT molecular complexity index is 568. The Labute approximate surface area is 89.7 Å². The molecular weight excluding hydrogens is 213 g/mol. The molecule has 0 amide bonds. The third-order valence-corrected chi connectivity index (χ3v) is 1.86. The SMILES string of the molecule is Nc1ccc(F)cc1Oc1ncc[nH]c1=O. The summed E-state index contributed by atoms with van der Waals surface area (Å²) in [7, 11) is 0. The molecule has 0 saturated carbocycles. The van der Waals surface area contributed by atoms with Crippen molar-refractivity contribution in [1.29, 1.82) is 0 Å². The molecule has 5 nitrogen and oxygen atoms in total. The van der Waals surface area contributed by atoms with Crippen LogP contribution in [0.4, 0.5) is 10.1 Å². The molecule has 2 aromatic rings. The maximum atomic E-state index is 12.9. The van der Waals surface area contributed by atoms with Crippen LogP contribution in [0.3, 0.4) is 0 Å². The molecule has 1 aromatic carbocycles. The van der Waals surface area contributed by atoms with Crippen LogP contribution in [0.15, 0.2) is 35.4 Å². The van der Waals surface area contributed by atoms with Crippen LogP contribution in [0.2, 0.25) is 0 Å². The lowest BCUT2D eigenvalue weighted by Crippen LogP contribution is -2.09. The molecule has 6 heteroatoms. The van der Waals surface area contributed by atoms with Gasteiger partial charge >= 0.3 is 5.56 Å². The molecule has 0 fully saturated rings. The Hall–Kier alpha value is -2.37. The number of benzene rings is 1. The van der Waals surface area contributed by atoms with Crippen LogP contribution >= 0.6 is 0 Å².